The van der Waals surface area contributed by atoms with Gasteiger partial charge < -0.3 is 9.42 Å². The molecular formula is C16H19N3O2. The lowest BCUT2D eigenvalue weighted by Gasteiger charge is -2.22. The molecular weight excluding hydrogens is 266 g/mol. The first-order chi connectivity index (χ1) is 10.1. The molecule has 1 fully saturated rings. The van der Waals surface area contributed by atoms with E-state index in [1.54, 1.807) is 6.92 Å². The van der Waals surface area contributed by atoms with Gasteiger partial charge in [0.25, 0.3) is 5.91 Å². The summed E-state index contributed by atoms with van der Waals surface area (Å²) in [5.41, 5.74) is 3.04. The Morgan fingerprint density at radius 1 is 1.29 bits per heavy atom. The van der Waals surface area contributed by atoms with Crippen LogP contribution < -0.4 is 0 Å². The third-order valence-electron chi connectivity index (χ3n) is 4.10. The zero-order valence-corrected chi connectivity index (χ0v) is 12.6. The molecule has 1 saturated heterocycles. The van der Waals surface area contributed by atoms with E-state index in [0.717, 1.165) is 30.5 Å². The van der Waals surface area contributed by atoms with E-state index in [1.807, 2.05) is 36.9 Å². The monoisotopic (exact) mass is 285 g/mol. The van der Waals surface area contributed by atoms with Crippen molar-refractivity contribution in [3.05, 3.63) is 46.6 Å². The number of hydrogen-bond donors (Lipinski definition) is 0. The predicted molar refractivity (Wildman–Crippen MR) is 78.0 cm³/mol. The molecule has 1 aliphatic rings. The predicted octanol–water partition coefficient (Wildman–Crippen LogP) is 2.97. The second kappa shape index (κ2) is 5.31. The van der Waals surface area contributed by atoms with Gasteiger partial charge in [0.15, 0.2) is 5.82 Å². The first kappa shape index (κ1) is 13.8. The number of rotatable bonds is 2. The number of hydrogen-bond acceptors (Lipinski definition) is 4. The van der Waals surface area contributed by atoms with Crippen molar-refractivity contribution in [2.24, 2.45) is 0 Å². The van der Waals surface area contributed by atoms with Crippen molar-refractivity contribution in [1.29, 1.82) is 0 Å². The van der Waals surface area contributed by atoms with Gasteiger partial charge >= 0.3 is 0 Å². The molecule has 0 radical (unpaired) electrons. The molecule has 1 aliphatic heterocycles. The van der Waals surface area contributed by atoms with Crippen LogP contribution in [0.25, 0.3) is 0 Å². The van der Waals surface area contributed by atoms with Gasteiger partial charge in [0, 0.05) is 12.1 Å². The Balaban J connectivity index is 1.87. The summed E-state index contributed by atoms with van der Waals surface area (Å²) in [6.07, 6.45) is 1.83. The van der Waals surface area contributed by atoms with E-state index in [0.29, 0.717) is 11.7 Å². The molecule has 1 aromatic heterocycles. The molecule has 5 nitrogen and oxygen atoms in total. The van der Waals surface area contributed by atoms with Gasteiger partial charge in [0.1, 0.15) is 6.04 Å². The van der Waals surface area contributed by atoms with E-state index in [9.17, 15) is 4.79 Å². The topological polar surface area (TPSA) is 59.2 Å². The SMILES string of the molecule is Cc1noc(C2CCCN2C(=O)c2ccc(C)c(C)c2)n1. The highest BCUT2D eigenvalue weighted by molar-refractivity contribution is 5.94. The van der Waals surface area contributed by atoms with Crippen LogP contribution in [-0.4, -0.2) is 27.5 Å². The number of carbonyl (C=O) groups excluding carboxylic acids is 1. The molecule has 1 atom stereocenters. The summed E-state index contributed by atoms with van der Waals surface area (Å²) in [6.45, 7) is 6.59. The smallest absolute Gasteiger partial charge is 0.254 e. The maximum Gasteiger partial charge on any atom is 0.254 e. The zero-order valence-electron chi connectivity index (χ0n) is 12.6. The van der Waals surface area contributed by atoms with Gasteiger partial charge in [-0.25, -0.2) is 0 Å². The van der Waals surface area contributed by atoms with Crippen molar-refractivity contribution in [3.8, 4) is 0 Å². The van der Waals surface area contributed by atoms with E-state index in [2.05, 4.69) is 10.1 Å². The Morgan fingerprint density at radius 2 is 2.10 bits per heavy atom. The molecule has 2 heterocycles. The van der Waals surface area contributed by atoms with Crippen molar-refractivity contribution in [1.82, 2.24) is 15.0 Å². The summed E-state index contributed by atoms with van der Waals surface area (Å²) in [4.78, 5) is 18.9. The second-order valence-corrected chi connectivity index (χ2v) is 5.64. The van der Waals surface area contributed by atoms with Gasteiger partial charge in [-0.2, -0.15) is 4.98 Å². The zero-order chi connectivity index (χ0) is 15.0. The van der Waals surface area contributed by atoms with E-state index >= 15 is 0 Å². The third-order valence-corrected chi connectivity index (χ3v) is 4.10. The summed E-state index contributed by atoms with van der Waals surface area (Å²) in [6, 6.07) is 5.73. The van der Waals surface area contributed by atoms with Crippen LogP contribution >= 0.6 is 0 Å². The maximum absolute atomic E-state index is 12.7. The summed E-state index contributed by atoms with van der Waals surface area (Å²) in [5, 5.41) is 3.83. The van der Waals surface area contributed by atoms with Gasteiger partial charge in [0.05, 0.1) is 0 Å². The van der Waals surface area contributed by atoms with Crippen LogP contribution in [-0.2, 0) is 0 Å². The molecule has 1 unspecified atom stereocenters. The minimum atomic E-state index is -0.0969. The largest absolute Gasteiger partial charge is 0.337 e. The molecule has 1 aromatic carbocycles. The average molecular weight is 285 g/mol. The van der Waals surface area contributed by atoms with Crippen LogP contribution in [0.3, 0.4) is 0 Å². The molecule has 0 N–H and O–H groups in total. The van der Waals surface area contributed by atoms with Crippen molar-refractivity contribution in [2.45, 2.75) is 39.7 Å². The summed E-state index contributed by atoms with van der Waals surface area (Å²) < 4.78 is 5.25. The first-order valence-corrected chi connectivity index (χ1v) is 7.24. The highest BCUT2D eigenvalue weighted by Gasteiger charge is 2.34. The van der Waals surface area contributed by atoms with Crippen molar-refractivity contribution in [2.75, 3.05) is 6.54 Å². The third kappa shape index (κ3) is 2.55. The van der Waals surface area contributed by atoms with Gasteiger partial charge in [-0.1, -0.05) is 11.2 Å². The van der Waals surface area contributed by atoms with Crippen LogP contribution in [0.4, 0.5) is 0 Å². The lowest BCUT2D eigenvalue weighted by molar-refractivity contribution is 0.0710. The fourth-order valence-corrected chi connectivity index (χ4v) is 2.76. The van der Waals surface area contributed by atoms with Gasteiger partial charge in [0.2, 0.25) is 5.89 Å². The minimum Gasteiger partial charge on any atom is -0.337 e. The molecule has 0 bridgehead atoms. The van der Waals surface area contributed by atoms with Crippen molar-refractivity contribution >= 4 is 5.91 Å². The number of aryl methyl sites for hydroxylation is 3. The Bertz CT molecular complexity index is 678. The summed E-state index contributed by atoms with van der Waals surface area (Å²) in [7, 11) is 0. The fourth-order valence-electron chi connectivity index (χ4n) is 2.76. The van der Waals surface area contributed by atoms with Crippen molar-refractivity contribution < 1.29 is 9.32 Å². The first-order valence-electron chi connectivity index (χ1n) is 7.24. The molecule has 0 saturated carbocycles. The second-order valence-electron chi connectivity index (χ2n) is 5.64. The molecule has 21 heavy (non-hydrogen) atoms. The number of likely N-dealkylation sites (tertiary alicyclic amines) is 1. The number of amides is 1. The van der Waals surface area contributed by atoms with Crippen LogP contribution in [0.2, 0.25) is 0 Å². The molecule has 110 valence electrons. The number of carbonyl (C=O) groups is 1. The highest BCUT2D eigenvalue weighted by Crippen LogP contribution is 2.32. The highest BCUT2D eigenvalue weighted by atomic mass is 16.5. The number of nitrogens with zero attached hydrogens (tertiary/aromatic N) is 3. The van der Waals surface area contributed by atoms with Gasteiger partial charge in [-0.3, -0.25) is 4.79 Å². The molecule has 1 amide bonds. The van der Waals surface area contributed by atoms with E-state index in [4.69, 9.17) is 4.52 Å². The molecule has 3 rings (SSSR count). The quantitative estimate of drug-likeness (QED) is 0.851. The van der Waals surface area contributed by atoms with Crippen LogP contribution in [0.1, 0.15) is 52.1 Å². The molecule has 2 aromatic rings. The van der Waals surface area contributed by atoms with Gasteiger partial charge in [-0.15, -0.1) is 0 Å². The van der Waals surface area contributed by atoms with Crippen LogP contribution in [0.15, 0.2) is 22.7 Å². The minimum absolute atomic E-state index is 0.0384. The lowest BCUT2D eigenvalue weighted by atomic mass is 10.1. The standard InChI is InChI=1S/C16H19N3O2/c1-10-6-7-13(9-11(10)2)16(20)19-8-4-5-14(19)15-17-12(3)18-21-15/h6-7,9,14H,4-5,8H2,1-3H3. The number of benzene rings is 1. The maximum atomic E-state index is 12.7. The Labute approximate surface area is 124 Å². The van der Waals surface area contributed by atoms with Crippen LogP contribution in [0.5, 0.6) is 0 Å². The Hall–Kier alpha value is -2.17. The van der Waals surface area contributed by atoms with Gasteiger partial charge in [-0.05, 0) is 56.9 Å². The molecule has 5 heteroatoms. The van der Waals surface area contributed by atoms with E-state index in [-0.39, 0.29) is 11.9 Å². The fraction of sp³-hybridized carbons (Fsp3) is 0.438. The normalized spacial score (nSPS) is 18.2. The summed E-state index contributed by atoms with van der Waals surface area (Å²) >= 11 is 0. The molecule has 0 spiro atoms. The number of aromatic nitrogens is 2. The van der Waals surface area contributed by atoms with Crippen molar-refractivity contribution in [3.63, 3.8) is 0 Å². The van der Waals surface area contributed by atoms with E-state index < -0.39 is 0 Å². The van der Waals surface area contributed by atoms with E-state index in [1.165, 1.54) is 5.56 Å². The Morgan fingerprint density at radius 3 is 2.76 bits per heavy atom. The average Bonchev–Trinajstić information content (AvgIpc) is 3.09. The lowest BCUT2D eigenvalue weighted by Crippen LogP contribution is -2.30. The Kier molecular flexibility index (Phi) is 3.49. The summed E-state index contributed by atoms with van der Waals surface area (Å²) in [5.74, 6) is 1.19. The molecule has 0 aliphatic carbocycles. The van der Waals surface area contributed by atoms with Crippen LogP contribution in [0, 0.1) is 20.8 Å².